The van der Waals surface area contributed by atoms with Crippen molar-refractivity contribution < 1.29 is 24.1 Å². The first-order valence-electron chi connectivity index (χ1n) is 12.9. The number of methoxy groups -OCH3 is 1. The minimum atomic E-state index is -1.19. The smallest absolute Gasteiger partial charge is 0.341 e. The molecule has 0 bridgehead atoms. The standard InChI is InChI=1S/C28H34N2O6/c1-27(2)6-5-17-18-9-24(36-8-4-7-29-13-28(14-29)15-35-16-28)23(34-3)10-19(18)21-11-22(31)20(26(32)33)12-30(21)25(17)27/h9-12,17,25H,4-8,13-16H2,1-3H3,(H,32,33)/t17?,25-/m0/s1. The van der Waals surface area contributed by atoms with Crippen LogP contribution in [0.4, 0.5) is 0 Å². The van der Waals surface area contributed by atoms with E-state index in [1.165, 1.54) is 6.07 Å². The van der Waals surface area contributed by atoms with Crippen molar-refractivity contribution in [3.05, 3.63) is 45.7 Å². The summed E-state index contributed by atoms with van der Waals surface area (Å²) in [6.07, 6.45) is 4.48. The number of hydrogen-bond donors (Lipinski definition) is 1. The van der Waals surface area contributed by atoms with Crippen LogP contribution in [0.1, 0.15) is 61.0 Å². The molecule has 4 heterocycles. The molecule has 1 spiro atoms. The third-order valence-electron chi connectivity index (χ3n) is 8.71. The first-order valence-corrected chi connectivity index (χ1v) is 12.9. The Kier molecular flexibility index (Phi) is 5.46. The number of fused-ring (bicyclic) bond motifs is 6. The number of aromatic nitrogens is 1. The second kappa shape index (κ2) is 8.35. The fraction of sp³-hybridized carbons (Fsp3) is 0.571. The number of hydrogen-bond acceptors (Lipinski definition) is 6. The van der Waals surface area contributed by atoms with Crippen LogP contribution in [-0.2, 0) is 4.74 Å². The molecule has 1 aromatic carbocycles. The minimum absolute atomic E-state index is 0.0387. The zero-order chi connectivity index (χ0) is 25.2. The van der Waals surface area contributed by atoms with E-state index in [9.17, 15) is 14.7 Å². The van der Waals surface area contributed by atoms with E-state index in [1.54, 1.807) is 13.3 Å². The lowest BCUT2D eigenvalue weighted by Gasteiger charge is -2.55. The van der Waals surface area contributed by atoms with Gasteiger partial charge >= 0.3 is 5.97 Å². The van der Waals surface area contributed by atoms with Crippen LogP contribution in [0.15, 0.2) is 29.2 Å². The lowest BCUT2D eigenvalue weighted by molar-refractivity contribution is -0.189. The molecule has 192 valence electrons. The summed E-state index contributed by atoms with van der Waals surface area (Å²) < 4.78 is 19.3. The molecule has 3 aliphatic heterocycles. The summed E-state index contributed by atoms with van der Waals surface area (Å²) in [5.41, 5.74) is 2.54. The average Bonchev–Trinajstić information content (AvgIpc) is 3.11. The monoisotopic (exact) mass is 494 g/mol. The fourth-order valence-electron chi connectivity index (χ4n) is 6.91. The molecule has 0 radical (unpaired) electrons. The summed E-state index contributed by atoms with van der Waals surface area (Å²) in [4.78, 5) is 26.9. The highest BCUT2D eigenvalue weighted by atomic mass is 16.5. The Balaban J connectivity index is 1.29. The van der Waals surface area contributed by atoms with Crippen molar-refractivity contribution in [2.45, 2.75) is 45.1 Å². The van der Waals surface area contributed by atoms with E-state index in [-0.39, 0.29) is 22.9 Å². The lowest BCUT2D eigenvalue weighted by Crippen LogP contribution is -2.65. The van der Waals surface area contributed by atoms with E-state index in [0.717, 1.165) is 74.7 Å². The number of ether oxygens (including phenoxy) is 3. The van der Waals surface area contributed by atoms with E-state index in [4.69, 9.17) is 14.2 Å². The summed E-state index contributed by atoms with van der Waals surface area (Å²) in [6.45, 7) is 10.1. The minimum Gasteiger partial charge on any atom is -0.493 e. The molecule has 8 nitrogen and oxygen atoms in total. The number of benzene rings is 1. The van der Waals surface area contributed by atoms with Crippen LogP contribution in [0.2, 0.25) is 0 Å². The number of pyridine rings is 1. The summed E-state index contributed by atoms with van der Waals surface area (Å²) in [6, 6.07) is 5.58. The SMILES string of the molecule is COc1cc2c(cc1OCCCN1CC3(COC3)C1)C1CCC(C)(C)[C@H]1n1cc(C(=O)O)c(=O)cc1-2. The highest BCUT2D eigenvalue weighted by molar-refractivity contribution is 5.88. The fourth-order valence-corrected chi connectivity index (χ4v) is 6.91. The van der Waals surface area contributed by atoms with Crippen molar-refractivity contribution in [3.8, 4) is 22.8 Å². The maximum Gasteiger partial charge on any atom is 0.341 e. The molecule has 2 aromatic rings. The normalized spacial score (nSPS) is 24.8. The molecule has 4 aliphatic rings. The number of carboxylic acids is 1. The van der Waals surface area contributed by atoms with Crippen molar-refractivity contribution >= 4 is 5.97 Å². The number of likely N-dealkylation sites (tertiary alicyclic amines) is 1. The molecule has 6 rings (SSSR count). The highest BCUT2D eigenvalue weighted by Crippen LogP contribution is 2.59. The van der Waals surface area contributed by atoms with E-state index >= 15 is 0 Å². The molecule has 1 aliphatic carbocycles. The first kappa shape index (κ1) is 23.6. The van der Waals surface area contributed by atoms with Crippen molar-refractivity contribution in [1.29, 1.82) is 0 Å². The Labute approximate surface area is 210 Å². The van der Waals surface area contributed by atoms with Gasteiger partial charge in [-0.05, 0) is 42.4 Å². The van der Waals surface area contributed by atoms with Gasteiger partial charge in [0.1, 0.15) is 5.56 Å². The summed E-state index contributed by atoms with van der Waals surface area (Å²) >= 11 is 0. The van der Waals surface area contributed by atoms with Crippen LogP contribution in [0.3, 0.4) is 0 Å². The van der Waals surface area contributed by atoms with Crippen LogP contribution in [0.25, 0.3) is 11.3 Å². The molecule has 3 fully saturated rings. The number of nitrogens with zero attached hydrogens (tertiary/aromatic N) is 2. The summed E-state index contributed by atoms with van der Waals surface area (Å²) in [7, 11) is 1.62. The molecular formula is C28H34N2O6. The molecule has 1 unspecified atom stereocenters. The molecule has 2 saturated heterocycles. The van der Waals surface area contributed by atoms with E-state index in [0.29, 0.717) is 17.8 Å². The largest absolute Gasteiger partial charge is 0.493 e. The Bertz CT molecular complexity index is 1270. The average molecular weight is 495 g/mol. The number of rotatable bonds is 7. The molecular weight excluding hydrogens is 460 g/mol. The van der Waals surface area contributed by atoms with E-state index < -0.39 is 11.4 Å². The second-order valence-corrected chi connectivity index (χ2v) is 11.7. The van der Waals surface area contributed by atoms with Gasteiger partial charge in [0.15, 0.2) is 16.9 Å². The molecule has 1 N–H and O–H groups in total. The topological polar surface area (TPSA) is 90.2 Å². The molecule has 1 aromatic heterocycles. The van der Waals surface area contributed by atoms with Crippen LogP contribution in [0.5, 0.6) is 11.5 Å². The summed E-state index contributed by atoms with van der Waals surface area (Å²) in [5.74, 6) is 0.372. The predicted octanol–water partition coefficient (Wildman–Crippen LogP) is 3.78. The first-order chi connectivity index (χ1) is 17.2. The Morgan fingerprint density at radius 2 is 1.97 bits per heavy atom. The van der Waals surface area contributed by atoms with Gasteiger partial charge in [0.25, 0.3) is 0 Å². The van der Waals surface area contributed by atoms with Crippen molar-refractivity contribution in [2.75, 3.05) is 46.6 Å². The second-order valence-electron chi connectivity index (χ2n) is 11.7. The van der Waals surface area contributed by atoms with Crippen molar-refractivity contribution in [1.82, 2.24) is 9.47 Å². The molecule has 36 heavy (non-hydrogen) atoms. The van der Waals surface area contributed by atoms with E-state index in [1.807, 2.05) is 10.6 Å². The molecule has 0 amide bonds. The van der Waals surface area contributed by atoms with Crippen molar-refractivity contribution in [2.24, 2.45) is 10.8 Å². The van der Waals surface area contributed by atoms with Gasteiger partial charge in [-0.1, -0.05) is 13.8 Å². The Hall–Kier alpha value is -2.84. The maximum atomic E-state index is 12.7. The number of carbonyl (C=O) groups is 1. The van der Waals surface area contributed by atoms with Crippen molar-refractivity contribution in [3.63, 3.8) is 0 Å². The van der Waals surface area contributed by atoms with Gasteiger partial charge in [0, 0.05) is 54.8 Å². The Morgan fingerprint density at radius 1 is 1.19 bits per heavy atom. The van der Waals surface area contributed by atoms with Crippen LogP contribution in [-0.4, -0.2) is 67.1 Å². The van der Waals surface area contributed by atoms with Gasteiger partial charge < -0.3 is 28.8 Å². The van der Waals surface area contributed by atoms with Gasteiger partial charge in [-0.15, -0.1) is 0 Å². The van der Waals surface area contributed by atoms with Crippen LogP contribution < -0.4 is 14.9 Å². The van der Waals surface area contributed by atoms with Gasteiger partial charge in [0.05, 0.1) is 32.6 Å². The van der Waals surface area contributed by atoms with Crippen LogP contribution in [0, 0.1) is 10.8 Å². The van der Waals surface area contributed by atoms with Gasteiger partial charge in [0.2, 0.25) is 0 Å². The van der Waals surface area contributed by atoms with Gasteiger partial charge in [-0.3, -0.25) is 4.79 Å². The van der Waals surface area contributed by atoms with Gasteiger partial charge in [-0.25, -0.2) is 4.79 Å². The number of carboxylic acid groups (broad SMARTS) is 1. The third kappa shape index (κ3) is 3.65. The molecule has 1 saturated carbocycles. The molecule has 2 atom stereocenters. The quantitative estimate of drug-likeness (QED) is 0.586. The Morgan fingerprint density at radius 3 is 2.64 bits per heavy atom. The zero-order valence-corrected chi connectivity index (χ0v) is 21.2. The lowest BCUT2D eigenvalue weighted by atomic mass is 9.77. The zero-order valence-electron chi connectivity index (χ0n) is 21.2. The maximum absolute atomic E-state index is 12.7. The third-order valence-corrected chi connectivity index (χ3v) is 8.71. The van der Waals surface area contributed by atoms with Gasteiger partial charge in [-0.2, -0.15) is 0 Å². The number of aromatic carboxylic acids is 1. The highest BCUT2D eigenvalue weighted by Gasteiger charge is 2.49. The van der Waals surface area contributed by atoms with E-state index in [2.05, 4.69) is 24.8 Å². The summed E-state index contributed by atoms with van der Waals surface area (Å²) in [5, 5.41) is 9.59. The predicted molar refractivity (Wildman–Crippen MR) is 134 cm³/mol. The van der Waals surface area contributed by atoms with Crippen LogP contribution >= 0.6 is 0 Å². The molecule has 8 heteroatoms.